The Kier molecular flexibility index (Phi) is 3.25. The van der Waals surface area contributed by atoms with Gasteiger partial charge in [0.1, 0.15) is 10.7 Å². The highest BCUT2D eigenvalue weighted by Gasteiger charge is 2.19. The molecule has 0 aromatic carbocycles. The summed E-state index contributed by atoms with van der Waals surface area (Å²) < 4.78 is 26.5. The zero-order chi connectivity index (χ0) is 12.3. The minimum Gasteiger partial charge on any atom is -0.372 e. The Morgan fingerprint density at radius 3 is 2.76 bits per heavy atom. The molecule has 0 spiro atoms. The van der Waals surface area contributed by atoms with Crippen LogP contribution in [0.1, 0.15) is 0 Å². The fourth-order valence-corrected chi connectivity index (χ4v) is 3.19. The van der Waals surface area contributed by atoms with Crippen molar-refractivity contribution in [2.75, 3.05) is 17.1 Å². The molecular weight excluding hydrogens is 260 g/mol. The molecule has 0 unspecified atom stereocenters. The van der Waals surface area contributed by atoms with Crippen LogP contribution in [0.2, 0.25) is 0 Å². The van der Waals surface area contributed by atoms with Crippen LogP contribution in [-0.2, 0) is 10.0 Å². The van der Waals surface area contributed by atoms with E-state index in [4.69, 9.17) is 0 Å². The van der Waals surface area contributed by atoms with Gasteiger partial charge in [-0.05, 0) is 12.1 Å². The second kappa shape index (κ2) is 4.68. The molecule has 0 fully saturated rings. The first-order valence-electron chi connectivity index (χ1n) is 4.68. The van der Waals surface area contributed by atoms with Gasteiger partial charge < -0.3 is 5.32 Å². The molecule has 0 amide bonds. The summed E-state index contributed by atoms with van der Waals surface area (Å²) in [4.78, 5) is 7.91. The smallest absolute Gasteiger partial charge is 0.267 e. The Labute approximate surface area is 103 Å². The topological polar surface area (TPSA) is 84.0 Å². The van der Waals surface area contributed by atoms with E-state index in [0.717, 1.165) is 0 Å². The number of pyridine rings is 1. The van der Waals surface area contributed by atoms with Gasteiger partial charge in [0, 0.05) is 24.8 Å². The van der Waals surface area contributed by atoms with E-state index in [0.29, 0.717) is 10.9 Å². The summed E-state index contributed by atoms with van der Waals surface area (Å²) in [5.74, 6) is 0.302. The van der Waals surface area contributed by atoms with Crippen LogP contribution in [0.5, 0.6) is 0 Å². The second-order valence-electron chi connectivity index (χ2n) is 3.04. The third-order valence-corrected chi connectivity index (χ3v) is 4.14. The highest BCUT2D eigenvalue weighted by atomic mass is 32.2. The van der Waals surface area contributed by atoms with Gasteiger partial charge in [0.25, 0.3) is 10.0 Å². The highest BCUT2D eigenvalue weighted by molar-refractivity contribution is 7.93. The molecule has 0 saturated carbocycles. The predicted molar refractivity (Wildman–Crippen MR) is 66.7 cm³/mol. The minimum absolute atomic E-state index is 0.0951. The van der Waals surface area contributed by atoms with Crippen LogP contribution in [0, 0.1) is 0 Å². The monoisotopic (exact) mass is 270 g/mol. The van der Waals surface area contributed by atoms with Crippen molar-refractivity contribution in [3.05, 3.63) is 29.9 Å². The Morgan fingerprint density at radius 1 is 1.29 bits per heavy atom. The van der Waals surface area contributed by atoms with Gasteiger partial charge >= 0.3 is 0 Å². The molecule has 2 aromatic heterocycles. The van der Waals surface area contributed by atoms with Gasteiger partial charge in [-0.25, -0.2) is 18.4 Å². The molecule has 0 atom stereocenters. The molecule has 0 bridgehead atoms. The summed E-state index contributed by atoms with van der Waals surface area (Å²) in [6.45, 7) is 0. The number of hydrogen-bond acceptors (Lipinski definition) is 6. The first-order valence-corrected chi connectivity index (χ1v) is 7.05. The summed E-state index contributed by atoms with van der Waals surface area (Å²) in [7, 11) is -2.04. The Bertz CT molecular complexity index is 595. The summed E-state index contributed by atoms with van der Waals surface area (Å²) in [5.41, 5.74) is 0. The molecular formula is C9H10N4O2S2. The first kappa shape index (κ1) is 11.8. The molecule has 0 aliphatic heterocycles. The van der Waals surface area contributed by atoms with Crippen LogP contribution in [0.25, 0.3) is 0 Å². The van der Waals surface area contributed by atoms with E-state index in [1.165, 1.54) is 29.8 Å². The summed E-state index contributed by atoms with van der Waals surface area (Å²) in [6.07, 6.45) is 3.05. The molecule has 0 aliphatic carbocycles. The quantitative estimate of drug-likeness (QED) is 0.877. The zero-order valence-electron chi connectivity index (χ0n) is 8.91. The summed E-state index contributed by atoms with van der Waals surface area (Å²) in [6, 6.07) is 3.05. The van der Waals surface area contributed by atoms with Crippen molar-refractivity contribution in [3.63, 3.8) is 0 Å². The van der Waals surface area contributed by atoms with Crippen molar-refractivity contribution < 1.29 is 8.42 Å². The average molecular weight is 270 g/mol. The van der Waals surface area contributed by atoms with Crippen LogP contribution < -0.4 is 10.0 Å². The molecule has 8 heteroatoms. The molecule has 2 heterocycles. The molecule has 2 aromatic rings. The number of rotatable bonds is 4. The van der Waals surface area contributed by atoms with Crippen molar-refractivity contribution >= 4 is 32.3 Å². The van der Waals surface area contributed by atoms with Crippen molar-refractivity contribution in [3.8, 4) is 0 Å². The average Bonchev–Trinajstić information content (AvgIpc) is 2.81. The fraction of sp³-hybridized carbons (Fsp3) is 0.111. The lowest BCUT2D eigenvalue weighted by Gasteiger charge is -2.08. The van der Waals surface area contributed by atoms with Crippen LogP contribution in [0.15, 0.2) is 34.8 Å². The van der Waals surface area contributed by atoms with Gasteiger partial charge in [-0.2, -0.15) is 0 Å². The number of aromatic nitrogens is 2. The van der Waals surface area contributed by atoms with Crippen LogP contribution in [0.3, 0.4) is 0 Å². The molecule has 6 nitrogen and oxygen atoms in total. The lowest BCUT2D eigenvalue weighted by molar-refractivity contribution is 0.601. The maximum absolute atomic E-state index is 12.1. The van der Waals surface area contributed by atoms with E-state index in [-0.39, 0.29) is 4.90 Å². The number of thiazole rings is 1. The standard InChI is InChI=1S/C9H10N4O2S2/c1-10-8-7(3-2-4-11-8)17(14,15)13-9-12-5-6-16-9/h2-6H,1H3,(H,10,11)(H,12,13). The highest BCUT2D eigenvalue weighted by Crippen LogP contribution is 2.21. The maximum atomic E-state index is 12.1. The minimum atomic E-state index is -3.65. The van der Waals surface area contributed by atoms with E-state index in [2.05, 4.69) is 20.0 Å². The molecule has 0 saturated heterocycles. The fourth-order valence-electron chi connectivity index (χ4n) is 1.24. The van der Waals surface area contributed by atoms with E-state index in [1.54, 1.807) is 18.5 Å². The number of nitrogens with zero attached hydrogens (tertiary/aromatic N) is 2. The third kappa shape index (κ3) is 2.53. The third-order valence-electron chi connectivity index (χ3n) is 1.95. The van der Waals surface area contributed by atoms with Crippen molar-refractivity contribution in [2.45, 2.75) is 4.90 Å². The molecule has 0 radical (unpaired) electrons. The molecule has 2 rings (SSSR count). The van der Waals surface area contributed by atoms with Crippen molar-refractivity contribution in [1.29, 1.82) is 0 Å². The SMILES string of the molecule is CNc1ncccc1S(=O)(=O)Nc1nccs1. The van der Waals surface area contributed by atoms with Gasteiger partial charge in [0.2, 0.25) is 0 Å². The summed E-state index contributed by atoms with van der Waals surface area (Å²) >= 11 is 1.22. The van der Waals surface area contributed by atoms with E-state index >= 15 is 0 Å². The Balaban J connectivity index is 2.38. The van der Waals surface area contributed by atoms with E-state index in [1.807, 2.05) is 0 Å². The predicted octanol–water partition coefficient (Wildman–Crippen LogP) is 1.38. The second-order valence-corrected chi connectivity index (χ2v) is 5.59. The Hall–Kier alpha value is -1.67. The lowest BCUT2D eigenvalue weighted by atomic mass is 10.5. The van der Waals surface area contributed by atoms with Gasteiger partial charge in [-0.1, -0.05) is 0 Å². The van der Waals surface area contributed by atoms with Crippen LogP contribution in [0.4, 0.5) is 10.9 Å². The molecule has 17 heavy (non-hydrogen) atoms. The Morgan fingerprint density at radius 2 is 2.12 bits per heavy atom. The zero-order valence-corrected chi connectivity index (χ0v) is 10.5. The first-order chi connectivity index (χ1) is 8.13. The normalized spacial score (nSPS) is 11.1. The molecule has 2 N–H and O–H groups in total. The molecule has 90 valence electrons. The maximum Gasteiger partial charge on any atom is 0.267 e. The van der Waals surface area contributed by atoms with Gasteiger partial charge in [0.05, 0.1) is 0 Å². The largest absolute Gasteiger partial charge is 0.372 e. The molecule has 0 aliphatic rings. The van der Waals surface area contributed by atoms with Gasteiger partial charge in [-0.3, -0.25) is 4.72 Å². The lowest BCUT2D eigenvalue weighted by Crippen LogP contribution is -2.15. The number of nitrogens with one attached hydrogen (secondary N) is 2. The van der Waals surface area contributed by atoms with E-state index < -0.39 is 10.0 Å². The van der Waals surface area contributed by atoms with Crippen molar-refractivity contribution in [2.24, 2.45) is 0 Å². The van der Waals surface area contributed by atoms with Crippen LogP contribution >= 0.6 is 11.3 Å². The van der Waals surface area contributed by atoms with Gasteiger partial charge in [0.15, 0.2) is 5.13 Å². The summed E-state index contributed by atoms with van der Waals surface area (Å²) in [5, 5.41) is 4.76. The number of hydrogen-bond donors (Lipinski definition) is 2. The number of sulfonamides is 1. The van der Waals surface area contributed by atoms with Gasteiger partial charge in [-0.15, -0.1) is 11.3 Å². The number of anilines is 2. The van der Waals surface area contributed by atoms with Crippen LogP contribution in [-0.4, -0.2) is 25.4 Å². The van der Waals surface area contributed by atoms with E-state index in [9.17, 15) is 8.42 Å². The van der Waals surface area contributed by atoms with Crippen molar-refractivity contribution in [1.82, 2.24) is 9.97 Å².